The van der Waals surface area contributed by atoms with Gasteiger partial charge in [0.05, 0.1) is 13.2 Å². The largest absolute Gasteiger partial charge is 0.496 e. The molecule has 5 nitrogen and oxygen atoms in total. The number of ether oxygens (including phenoxy) is 1. The number of hydrogen-bond donors (Lipinski definition) is 2. The topological polar surface area (TPSA) is 65.6 Å². The zero-order valence-electron chi connectivity index (χ0n) is 16.7. The smallest absolute Gasteiger partial charge is 0.266 e. The summed E-state index contributed by atoms with van der Waals surface area (Å²) in [5.41, 5.74) is 3.53. The average molecular weight is 409 g/mol. The van der Waals surface area contributed by atoms with Crippen molar-refractivity contribution in [2.24, 2.45) is 0 Å². The van der Waals surface area contributed by atoms with E-state index in [4.69, 9.17) is 4.74 Å². The van der Waals surface area contributed by atoms with Crippen LogP contribution < -0.4 is 10.3 Å². The first kappa shape index (κ1) is 19.6. The number of methoxy groups -OCH3 is 1. The monoisotopic (exact) mass is 408 g/mol. The molecular formula is C23H24N2O3S. The first-order valence-electron chi connectivity index (χ1n) is 9.53. The van der Waals surface area contributed by atoms with Crippen molar-refractivity contribution in [1.29, 1.82) is 0 Å². The number of nitrogens with one attached hydrogen (secondary N) is 1. The van der Waals surface area contributed by atoms with Crippen LogP contribution in [0.25, 0.3) is 32.1 Å². The Morgan fingerprint density at radius 2 is 1.90 bits per heavy atom. The molecule has 0 aliphatic rings. The molecule has 0 spiro atoms. The van der Waals surface area contributed by atoms with Gasteiger partial charge in [0.15, 0.2) is 0 Å². The number of aromatic amines is 1. The van der Waals surface area contributed by atoms with E-state index in [2.05, 4.69) is 9.88 Å². The Kier molecular flexibility index (Phi) is 5.41. The van der Waals surface area contributed by atoms with Crippen LogP contribution >= 0.6 is 11.3 Å². The van der Waals surface area contributed by atoms with Crippen LogP contribution in [0.4, 0.5) is 0 Å². The van der Waals surface area contributed by atoms with Gasteiger partial charge >= 0.3 is 0 Å². The summed E-state index contributed by atoms with van der Waals surface area (Å²) in [6, 6.07) is 13.7. The number of thiophene rings is 1. The number of nitrogens with zero attached hydrogens (tertiary/aromatic N) is 1. The molecule has 150 valence electrons. The van der Waals surface area contributed by atoms with Gasteiger partial charge in [-0.05, 0) is 55.2 Å². The number of rotatable bonds is 6. The lowest BCUT2D eigenvalue weighted by molar-refractivity contribution is 0.154. The second-order valence-electron chi connectivity index (χ2n) is 7.41. The molecule has 2 aromatic carbocycles. The highest BCUT2D eigenvalue weighted by atomic mass is 32.1. The quantitative estimate of drug-likeness (QED) is 0.496. The third-order valence-corrected chi connectivity index (χ3v) is 6.12. The number of benzene rings is 2. The predicted octanol–water partition coefficient (Wildman–Crippen LogP) is 4.40. The van der Waals surface area contributed by atoms with Gasteiger partial charge in [0.1, 0.15) is 10.4 Å². The molecule has 0 aliphatic carbocycles. The Bertz CT molecular complexity index is 1210. The summed E-state index contributed by atoms with van der Waals surface area (Å²) in [7, 11) is 5.65. The molecule has 0 radical (unpaired) electrons. The minimum Gasteiger partial charge on any atom is -0.496 e. The van der Waals surface area contributed by atoms with E-state index in [9.17, 15) is 9.90 Å². The zero-order chi connectivity index (χ0) is 20.5. The van der Waals surface area contributed by atoms with Crippen LogP contribution in [0.5, 0.6) is 5.75 Å². The van der Waals surface area contributed by atoms with Gasteiger partial charge in [-0.25, -0.2) is 0 Å². The van der Waals surface area contributed by atoms with Gasteiger partial charge in [0.25, 0.3) is 5.56 Å². The third-order valence-electron chi connectivity index (χ3n) is 5.21. The second kappa shape index (κ2) is 7.99. The Morgan fingerprint density at radius 3 is 2.59 bits per heavy atom. The summed E-state index contributed by atoms with van der Waals surface area (Å²) >= 11 is 1.44. The molecule has 0 saturated heterocycles. The number of H-pyrrole nitrogens is 1. The lowest BCUT2D eigenvalue weighted by atomic mass is 9.95. The molecule has 29 heavy (non-hydrogen) atoms. The van der Waals surface area contributed by atoms with Gasteiger partial charge in [0.2, 0.25) is 0 Å². The molecule has 4 rings (SSSR count). The lowest BCUT2D eigenvalue weighted by Crippen LogP contribution is -2.15. The second-order valence-corrected chi connectivity index (χ2v) is 8.33. The summed E-state index contributed by atoms with van der Waals surface area (Å²) < 4.78 is 6.37. The maximum Gasteiger partial charge on any atom is 0.266 e. The summed E-state index contributed by atoms with van der Waals surface area (Å²) in [6.07, 6.45) is 0.182. The van der Waals surface area contributed by atoms with Crippen molar-refractivity contribution in [3.63, 3.8) is 0 Å². The van der Waals surface area contributed by atoms with E-state index in [0.717, 1.165) is 45.3 Å². The number of hydrogen-bond acceptors (Lipinski definition) is 5. The summed E-state index contributed by atoms with van der Waals surface area (Å²) in [5.74, 6) is 0.748. The van der Waals surface area contributed by atoms with Crippen LogP contribution in [0.2, 0.25) is 0 Å². The molecule has 0 aliphatic heterocycles. The molecule has 1 atom stereocenters. The van der Waals surface area contributed by atoms with E-state index in [-0.39, 0.29) is 5.56 Å². The third kappa shape index (κ3) is 3.67. The fraction of sp³-hybridized carbons (Fsp3) is 0.261. The van der Waals surface area contributed by atoms with Crippen LogP contribution in [-0.2, 0) is 0 Å². The fourth-order valence-corrected chi connectivity index (χ4v) is 4.50. The number of aliphatic hydroxyl groups excluding tert-OH is 1. The maximum atomic E-state index is 12.4. The van der Waals surface area contributed by atoms with Gasteiger partial charge < -0.3 is 19.7 Å². The summed E-state index contributed by atoms with van der Waals surface area (Å²) in [5, 5.41) is 14.3. The number of pyridine rings is 1. The summed E-state index contributed by atoms with van der Waals surface area (Å²) in [6.45, 7) is 0.823. The molecule has 0 bridgehead atoms. The van der Waals surface area contributed by atoms with E-state index >= 15 is 0 Å². The number of aliphatic hydroxyl groups is 1. The number of fused-ring (bicyclic) bond motifs is 3. The minimum absolute atomic E-state index is 0.0713. The van der Waals surface area contributed by atoms with Crippen LogP contribution in [0.3, 0.4) is 0 Å². The van der Waals surface area contributed by atoms with Crippen LogP contribution in [-0.4, -0.2) is 42.7 Å². The van der Waals surface area contributed by atoms with Crippen molar-refractivity contribution >= 4 is 32.3 Å². The molecule has 2 aromatic heterocycles. The van der Waals surface area contributed by atoms with Crippen molar-refractivity contribution < 1.29 is 9.84 Å². The van der Waals surface area contributed by atoms with Crippen molar-refractivity contribution in [2.45, 2.75) is 12.5 Å². The van der Waals surface area contributed by atoms with Gasteiger partial charge in [-0.15, -0.1) is 11.3 Å². The minimum atomic E-state index is -0.499. The Morgan fingerprint density at radius 1 is 1.14 bits per heavy atom. The summed E-state index contributed by atoms with van der Waals surface area (Å²) in [4.78, 5) is 17.4. The van der Waals surface area contributed by atoms with Gasteiger partial charge in [-0.3, -0.25) is 4.79 Å². The molecule has 0 saturated carbocycles. The van der Waals surface area contributed by atoms with Crippen molar-refractivity contribution in [3.05, 3.63) is 63.8 Å². The molecule has 2 N–H and O–H groups in total. The van der Waals surface area contributed by atoms with Crippen LogP contribution in [0.1, 0.15) is 18.1 Å². The molecule has 4 aromatic rings. The highest BCUT2D eigenvalue weighted by Gasteiger charge is 2.17. The normalized spacial score (nSPS) is 12.7. The molecular weight excluding hydrogens is 384 g/mol. The Labute approximate surface area is 173 Å². The van der Waals surface area contributed by atoms with E-state index in [1.807, 2.05) is 61.9 Å². The van der Waals surface area contributed by atoms with E-state index in [0.29, 0.717) is 11.1 Å². The van der Waals surface area contributed by atoms with Gasteiger partial charge in [-0.1, -0.05) is 24.3 Å². The lowest BCUT2D eigenvalue weighted by Gasteiger charge is -2.16. The van der Waals surface area contributed by atoms with E-state index in [1.54, 1.807) is 7.11 Å². The standard InChI is InChI=1S/C23H24N2O3S/c1-25(2)12-10-18(26)14-4-6-15(7-5-14)20-19(28-3)9-8-17-21(20)16-11-13-29-22(16)23(27)24-17/h4-9,11,13,18,26H,10,12H2,1-3H3,(H,24,27). The fourth-order valence-electron chi connectivity index (χ4n) is 3.70. The van der Waals surface area contributed by atoms with Crippen molar-refractivity contribution in [3.8, 4) is 16.9 Å². The SMILES string of the molecule is COc1ccc2[nH]c(=O)c3sccc3c2c1-c1ccc(C(O)CCN(C)C)cc1. The number of aromatic nitrogens is 1. The Hall–Kier alpha value is -2.67. The van der Waals surface area contributed by atoms with Crippen molar-refractivity contribution in [2.75, 3.05) is 27.7 Å². The highest BCUT2D eigenvalue weighted by Crippen LogP contribution is 2.40. The molecule has 0 fully saturated rings. The first-order valence-corrected chi connectivity index (χ1v) is 10.4. The Balaban J connectivity index is 1.85. The molecule has 2 heterocycles. The van der Waals surface area contributed by atoms with Crippen LogP contribution in [0.15, 0.2) is 52.6 Å². The highest BCUT2D eigenvalue weighted by molar-refractivity contribution is 7.17. The zero-order valence-corrected chi connectivity index (χ0v) is 17.5. The molecule has 0 amide bonds. The average Bonchev–Trinajstić information content (AvgIpc) is 3.22. The van der Waals surface area contributed by atoms with Crippen LogP contribution in [0, 0.1) is 0 Å². The first-order chi connectivity index (χ1) is 14.0. The van der Waals surface area contributed by atoms with Crippen molar-refractivity contribution in [1.82, 2.24) is 9.88 Å². The van der Waals surface area contributed by atoms with E-state index in [1.165, 1.54) is 11.3 Å². The predicted molar refractivity (Wildman–Crippen MR) is 120 cm³/mol. The molecule has 1 unspecified atom stereocenters. The maximum absolute atomic E-state index is 12.4. The van der Waals surface area contributed by atoms with Gasteiger partial charge in [0, 0.05) is 28.4 Å². The van der Waals surface area contributed by atoms with Gasteiger partial charge in [-0.2, -0.15) is 0 Å². The van der Waals surface area contributed by atoms with E-state index < -0.39 is 6.10 Å². The molecule has 6 heteroatoms.